The van der Waals surface area contributed by atoms with Crippen LogP contribution in [0.2, 0.25) is 0 Å². The van der Waals surface area contributed by atoms with E-state index in [2.05, 4.69) is 10.6 Å². The Hall–Kier alpha value is -3.00. The molecule has 2 aromatic carbocycles. The molecular weight excluding hydrogens is 390 g/mol. The van der Waals surface area contributed by atoms with Gasteiger partial charge in [-0.15, -0.1) is 11.8 Å². The number of ether oxygens (including phenoxy) is 1. The molecule has 2 aromatic rings. The molecule has 1 saturated heterocycles. The molecule has 3 amide bonds. The van der Waals surface area contributed by atoms with Gasteiger partial charge in [-0.2, -0.15) is 0 Å². The number of carbonyl (C=O) groups is 3. The van der Waals surface area contributed by atoms with E-state index >= 15 is 0 Å². The zero-order valence-corrected chi connectivity index (χ0v) is 16.9. The van der Waals surface area contributed by atoms with Crippen LogP contribution < -0.4 is 20.3 Å². The predicted molar refractivity (Wildman–Crippen MR) is 112 cm³/mol. The van der Waals surface area contributed by atoms with E-state index in [1.54, 1.807) is 41.8 Å². The number of benzene rings is 2. The Morgan fingerprint density at radius 3 is 2.86 bits per heavy atom. The maximum atomic E-state index is 12.7. The number of hydrogen-bond acceptors (Lipinski definition) is 5. The number of nitrogens with zero attached hydrogens (tertiary/aromatic N) is 1. The summed E-state index contributed by atoms with van der Waals surface area (Å²) in [6.45, 7) is 2.01. The third-order valence-corrected chi connectivity index (χ3v) is 5.76. The minimum Gasteiger partial charge on any atom is -0.479 e. The summed E-state index contributed by atoms with van der Waals surface area (Å²) in [7, 11) is 0. The van der Waals surface area contributed by atoms with E-state index in [1.807, 2.05) is 30.5 Å². The summed E-state index contributed by atoms with van der Waals surface area (Å²) >= 11 is 1.61. The SMILES string of the molecule is CSc1cccc(N2C[C@H](C(=O)Nc3ccc4c(c3)NC(=O)[C@H](C)O4)CC2=O)c1. The molecule has 4 rings (SSSR count). The van der Waals surface area contributed by atoms with Gasteiger partial charge in [0.2, 0.25) is 11.8 Å². The maximum absolute atomic E-state index is 12.7. The van der Waals surface area contributed by atoms with Crippen molar-refractivity contribution in [2.45, 2.75) is 24.3 Å². The molecule has 2 atom stereocenters. The molecule has 0 saturated carbocycles. The van der Waals surface area contributed by atoms with Gasteiger partial charge in [0.25, 0.3) is 5.91 Å². The fraction of sp³-hybridized carbons (Fsp3) is 0.286. The fourth-order valence-corrected chi connectivity index (χ4v) is 3.90. The lowest BCUT2D eigenvalue weighted by Crippen LogP contribution is -2.34. The molecule has 0 radical (unpaired) electrons. The van der Waals surface area contributed by atoms with Crippen molar-refractivity contribution in [2.75, 3.05) is 28.3 Å². The smallest absolute Gasteiger partial charge is 0.265 e. The molecule has 0 spiro atoms. The minimum absolute atomic E-state index is 0.0662. The molecule has 7 nitrogen and oxygen atoms in total. The second-order valence-electron chi connectivity index (χ2n) is 7.06. The third kappa shape index (κ3) is 3.93. The molecule has 29 heavy (non-hydrogen) atoms. The van der Waals surface area contributed by atoms with Gasteiger partial charge in [0.15, 0.2) is 6.10 Å². The first-order valence-electron chi connectivity index (χ1n) is 9.31. The highest BCUT2D eigenvalue weighted by molar-refractivity contribution is 7.98. The summed E-state index contributed by atoms with van der Waals surface area (Å²) in [4.78, 5) is 39.7. The monoisotopic (exact) mass is 411 g/mol. The van der Waals surface area contributed by atoms with Crippen molar-refractivity contribution in [1.29, 1.82) is 0 Å². The summed E-state index contributed by atoms with van der Waals surface area (Å²) in [5.41, 5.74) is 1.87. The number of nitrogens with one attached hydrogen (secondary N) is 2. The third-order valence-electron chi connectivity index (χ3n) is 5.04. The Morgan fingerprint density at radius 1 is 1.24 bits per heavy atom. The quantitative estimate of drug-likeness (QED) is 0.755. The standard InChI is InChI=1S/C21H21N3O4S/c1-12-20(26)23-17-9-14(6-7-18(17)28-12)22-21(27)13-8-19(25)24(11-13)15-4-3-5-16(10-15)29-2/h3-7,9-10,12-13H,8,11H2,1-2H3,(H,22,27)(H,23,26)/t12-,13+/m0/s1. The van der Waals surface area contributed by atoms with Crippen LogP contribution in [-0.2, 0) is 14.4 Å². The summed E-state index contributed by atoms with van der Waals surface area (Å²) < 4.78 is 5.52. The van der Waals surface area contributed by atoms with E-state index in [1.165, 1.54) is 0 Å². The highest BCUT2D eigenvalue weighted by atomic mass is 32.2. The molecule has 0 unspecified atom stereocenters. The lowest BCUT2D eigenvalue weighted by atomic mass is 10.1. The van der Waals surface area contributed by atoms with E-state index in [0.29, 0.717) is 23.7 Å². The van der Waals surface area contributed by atoms with E-state index in [9.17, 15) is 14.4 Å². The number of amides is 3. The van der Waals surface area contributed by atoms with E-state index in [4.69, 9.17) is 4.74 Å². The summed E-state index contributed by atoms with van der Waals surface area (Å²) in [5, 5.41) is 5.61. The minimum atomic E-state index is -0.553. The van der Waals surface area contributed by atoms with Gasteiger partial charge in [0, 0.05) is 29.2 Å². The van der Waals surface area contributed by atoms with E-state index in [0.717, 1.165) is 10.6 Å². The van der Waals surface area contributed by atoms with Gasteiger partial charge in [0.1, 0.15) is 5.75 Å². The first kappa shape index (κ1) is 19.3. The van der Waals surface area contributed by atoms with Crippen LogP contribution >= 0.6 is 11.8 Å². The number of hydrogen-bond donors (Lipinski definition) is 2. The number of fused-ring (bicyclic) bond motifs is 1. The van der Waals surface area contributed by atoms with Gasteiger partial charge in [-0.05, 0) is 49.6 Å². The number of rotatable bonds is 4. The van der Waals surface area contributed by atoms with Gasteiger partial charge in [-0.3, -0.25) is 14.4 Å². The van der Waals surface area contributed by atoms with Gasteiger partial charge >= 0.3 is 0 Å². The molecular formula is C21H21N3O4S. The number of carbonyl (C=O) groups excluding carboxylic acids is 3. The summed E-state index contributed by atoms with van der Waals surface area (Å²) in [5.74, 6) is -0.402. The molecule has 0 aromatic heterocycles. The number of anilines is 3. The lowest BCUT2D eigenvalue weighted by molar-refractivity contribution is -0.122. The molecule has 150 valence electrons. The van der Waals surface area contributed by atoms with Crippen molar-refractivity contribution in [3.8, 4) is 5.75 Å². The van der Waals surface area contributed by atoms with Crippen LogP contribution in [-0.4, -0.2) is 36.6 Å². The fourth-order valence-electron chi connectivity index (χ4n) is 3.44. The van der Waals surface area contributed by atoms with Crippen LogP contribution in [0.5, 0.6) is 5.75 Å². The lowest BCUT2D eigenvalue weighted by Gasteiger charge is -2.24. The molecule has 2 N–H and O–H groups in total. The van der Waals surface area contributed by atoms with Gasteiger partial charge in [0.05, 0.1) is 11.6 Å². The first-order chi connectivity index (χ1) is 13.9. The van der Waals surface area contributed by atoms with Gasteiger partial charge < -0.3 is 20.3 Å². The average molecular weight is 411 g/mol. The largest absolute Gasteiger partial charge is 0.479 e. The van der Waals surface area contributed by atoms with Crippen molar-refractivity contribution < 1.29 is 19.1 Å². The van der Waals surface area contributed by atoms with Crippen LogP contribution in [0, 0.1) is 5.92 Å². The Balaban J connectivity index is 1.45. The van der Waals surface area contributed by atoms with Gasteiger partial charge in [-0.1, -0.05) is 6.07 Å². The zero-order valence-electron chi connectivity index (χ0n) is 16.1. The zero-order chi connectivity index (χ0) is 20.5. The Bertz CT molecular complexity index is 994. The van der Waals surface area contributed by atoms with E-state index in [-0.39, 0.29) is 24.1 Å². The predicted octanol–water partition coefficient (Wildman–Crippen LogP) is 3.12. The maximum Gasteiger partial charge on any atom is 0.265 e. The molecule has 1 fully saturated rings. The highest BCUT2D eigenvalue weighted by Crippen LogP contribution is 2.33. The average Bonchev–Trinajstić information content (AvgIpc) is 3.11. The van der Waals surface area contributed by atoms with Crippen molar-refractivity contribution in [3.05, 3.63) is 42.5 Å². The van der Waals surface area contributed by atoms with E-state index < -0.39 is 12.0 Å². The van der Waals surface area contributed by atoms with Crippen molar-refractivity contribution >= 4 is 46.5 Å². The first-order valence-corrected chi connectivity index (χ1v) is 10.5. The van der Waals surface area contributed by atoms with Crippen molar-refractivity contribution in [1.82, 2.24) is 0 Å². The molecule has 2 heterocycles. The molecule has 2 aliphatic heterocycles. The van der Waals surface area contributed by atoms with Crippen LogP contribution in [0.3, 0.4) is 0 Å². The highest BCUT2D eigenvalue weighted by Gasteiger charge is 2.35. The van der Waals surface area contributed by atoms with Crippen LogP contribution in [0.4, 0.5) is 17.1 Å². The van der Waals surface area contributed by atoms with Crippen molar-refractivity contribution in [2.24, 2.45) is 5.92 Å². The second-order valence-corrected chi connectivity index (χ2v) is 7.94. The summed E-state index contributed by atoms with van der Waals surface area (Å²) in [6.07, 6.45) is 1.59. The van der Waals surface area contributed by atoms with Crippen molar-refractivity contribution in [3.63, 3.8) is 0 Å². The van der Waals surface area contributed by atoms with Crippen LogP contribution in [0.1, 0.15) is 13.3 Å². The summed E-state index contributed by atoms with van der Waals surface area (Å²) in [6, 6.07) is 12.8. The Kier molecular flexibility index (Phi) is 5.19. The molecule has 0 bridgehead atoms. The second kappa shape index (κ2) is 7.79. The number of thioether (sulfide) groups is 1. The molecule has 0 aliphatic carbocycles. The Labute approximate surface area is 172 Å². The molecule has 2 aliphatic rings. The topological polar surface area (TPSA) is 87.7 Å². The van der Waals surface area contributed by atoms with Crippen LogP contribution in [0.25, 0.3) is 0 Å². The van der Waals surface area contributed by atoms with Gasteiger partial charge in [-0.25, -0.2) is 0 Å². The molecule has 8 heteroatoms. The normalized spacial score (nSPS) is 20.7. The van der Waals surface area contributed by atoms with Crippen LogP contribution in [0.15, 0.2) is 47.4 Å². The Morgan fingerprint density at radius 2 is 2.07 bits per heavy atom.